The van der Waals surface area contributed by atoms with E-state index in [1.807, 2.05) is 0 Å². The minimum Gasteiger partial charge on any atom is -0.465 e. The normalized spacial score (nSPS) is 14.6. The second kappa shape index (κ2) is 6.36. The summed E-state index contributed by atoms with van der Waals surface area (Å²) in [4.78, 5) is 22.1. The number of nitrogens with zero attached hydrogens (tertiary/aromatic N) is 4. The van der Waals surface area contributed by atoms with Crippen molar-refractivity contribution < 1.29 is 14.6 Å². The molecule has 3 N–H and O–H groups in total. The molecular formula is C16H16N6O3. The molecule has 1 saturated heterocycles. The number of H-pyrrole nitrogens is 1. The summed E-state index contributed by atoms with van der Waals surface area (Å²) in [5.41, 5.74) is 1.95. The maximum Gasteiger partial charge on any atom is 0.409 e. The van der Waals surface area contributed by atoms with E-state index >= 15 is 0 Å². The van der Waals surface area contributed by atoms with Gasteiger partial charge in [0.1, 0.15) is 5.82 Å². The molecule has 0 spiro atoms. The first-order valence-corrected chi connectivity index (χ1v) is 7.85. The van der Waals surface area contributed by atoms with E-state index in [2.05, 4.69) is 25.4 Å². The Morgan fingerprint density at radius 3 is 2.68 bits per heavy atom. The van der Waals surface area contributed by atoms with E-state index in [1.165, 1.54) is 0 Å². The van der Waals surface area contributed by atoms with Gasteiger partial charge in [0.2, 0.25) is 0 Å². The van der Waals surface area contributed by atoms with E-state index in [4.69, 9.17) is 14.8 Å². The second-order valence-electron chi connectivity index (χ2n) is 5.61. The van der Waals surface area contributed by atoms with Crippen LogP contribution in [0.25, 0.3) is 22.4 Å². The highest BCUT2D eigenvalue weighted by molar-refractivity contribution is 5.88. The Bertz CT molecular complexity index is 902. The number of hydrogen-bond acceptors (Lipinski definition) is 6. The number of aromatic nitrogens is 4. The van der Waals surface area contributed by atoms with E-state index in [0.717, 1.165) is 29.9 Å². The molecule has 1 aliphatic heterocycles. The highest BCUT2D eigenvalue weighted by atomic mass is 16.5. The molecule has 0 saturated carbocycles. The van der Waals surface area contributed by atoms with Crippen molar-refractivity contribution in [3.8, 4) is 11.4 Å². The fraction of sp³-hybridized carbons (Fsp3) is 0.250. The number of nitrogens with one attached hydrogen (secondary N) is 2. The van der Waals surface area contributed by atoms with Crippen molar-refractivity contribution in [1.29, 1.82) is 0 Å². The molecule has 3 heterocycles. The summed E-state index contributed by atoms with van der Waals surface area (Å²) in [6.45, 7) is 2.85. The summed E-state index contributed by atoms with van der Waals surface area (Å²) >= 11 is 0. The van der Waals surface area contributed by atoms with E-state index in [1.54, 1.807) is 30.5 Å². The van der Waals surface area contributed by atoms with Crippen LogP contribution < -0.4 is 10.2 Å². The highest BCUT2D eigenvalue weighted by Gasteiger charge is 2.19. The lowest BCUT2D eigenvalue weighted by atomic mass is 10.2. The van der Waals surface area contributed by atoms with Crippen LogP contribution in [0.15, 0.2) is 30.5 Å². The lowest BCUT2D eigenvalue weighted by molar-refractivity contribution is 0.122. The molecule has 3 aromatic rings. The van der Waals surface area contributed by atoms with Gasteiger partial charge in [0.25, 0.3) is 0 Å². The number of carbonyl (C=O) groups is 1. The molecule has 1 amide bonds. The van der Waals surface area contributed by atoms with Gasteiger partial charge in [0.15, 0.2) is 11.5 Å². The largest absolute Gasteiger partial charge is 0.465 e. The van der Waals surface area contributed by atoms with Crippen molar-refractivity contribution in [3.05, 3.63) is 30.5 Å². The Morgan fingerprint density at radius 1 is 1.20 bits per heavy atom. The van der Waals surface area contributed by atoms with Gasteiger partial charge < -0.3 is 14.7 Å². The van der Waals surface area contributed by atoms with Crippen molar-refractivity contribution in [2.45, 2.75) is 0 Å². The number of rotatable bonds is 3. The summed E-state index contributed by atoms with van der Waals surface area (Å²) in [7, 11) is 0. The number of aromatic amines is 1. The Hall–Kier alpha value is -3.20. The standard InChI is InChI=1S/C16H16N6O3/c23-16(24)18-11-3-1-10(2-4-11)13-19-14-12(9-17-21-14)15(20-13)22-5-7-25-8-6-22/h1-4,9,18H,5-8H2,(H,23,24)(H,17,19,20,21). The molecule has 0 radical (unpaired) electrons. The summed E-state index contributed by atoms with van der Waals surface area (Å²) in [6.07, 6.45) is 0.626. The Morgan fingerprint density at radius 2 is 1.96 bits per heavy atom. The average Bonchev–Trinajstić information content (AvgIpc) is 3.10. The van der Waals surface area contributed by atoms with Crippen LogP contribution in [-0.2, 0) is 4.74 Å². The third kappa shape index (κ3) is 3.09. The van der Waals surface area contributed by atoms with E-state index in [9.17, 15) is 4.79 Å². The van der Waals surface area contributed by atoms with E-state index in [-0.39, 0.29) is 0 Å². The number of anilines is 2. The van der Waals surface area contributed by atoms with Gasteiger partial charge in [-0.1, -0.05) is 0 Å². The summed E-state index contributed by atoms with van der Waals surface area (Å²) in [5, 5.41) is 18.9. The molecule has 1 fully saturated rings. The number of morpholine rings is 1. The quantitative estimate of drug-likeness (QED) is 0.667. The number of fused-ring (bicyclic) bond motifs is 1. The van der Waals surface area contributed by atoms with Gasteiger partial charge in [-0.05, 0) is 24.3 Å². The second-order valence-corrected chi connectivity index (χ2v) is 5.61. The van der Waals surface area contributed by atoms with Crippen LogP contribution in [-0.4, -0.2) is 57.7 Å². The maximum absolute atomic E-state index is 10.7. The van der Waals surface area contributed by atoms with Gasteiger partial charge in [-0.3, -0.25) is 10.4 Å². The summed E-state index contributed by atoms with van der Waals surface area (Å²) < 4.78 is 5.41. The summed E-state index contributed by atoms with van der Waals surface area (Å²) in [6, 6.07) is 6.93. The molecule has 0 bridgehead atoms. The first kappa shape index (κ1) is 15.3. The van der Waals surface area contributed by atoms with Crippen LogP contribution in [0, 0.1) is 0 Å². The van der Waals surface area contributed by atoms with Crippen LogP contribution in [0.5, 0.6) is 0 Å². The van der Waals surface area contributed by atoms with Crippen molar-refractivity contribution in [2.24, 2.45) is 0 Å². The molecule has 1 aromatic carbocycles. The van der Waals surface area contributed by atoms with Crippen molar-refractivity contribution in [1.82, 2.24) is 20.2 Å². The number of hydrogen-bond donors (Lipinski definition) is 3. The van der Waals surface area contributed by atoms with Gasteiger partial charge in [-0.25, -0.2) is 14.8 Å². The van der Waals surface area contributed by atoms with Gasteiger partial charge >= 0.3 is 6.09 Å². The van der Waals surface area contributed by atoms with Gasteiger partial charge in [0, 0.05) is 24.3 Å². The zero-order valence-corrected chi connectivity index (χ0v) is 13.3. The smallest absolute Gasteiger partial charge is 0.409 e. The van der Waals surface area contributed by atoms with Crippen molar-refractivity contribution in [3.63, 3.8) is 0 Å². The average molecular weight is 340 g/mol. The SMILES string of the molecule is O=C(O)Nc1ccc(-c2nc(N3CCOCC3)c3cn[nH]c3n2)cc1. The molecule has 0 aliphatic carbocycles. The number of ether oxygens (including phenoxy) is 1. The zero-order valence-electron chi connectivity index (χ0n) is 13.3. The molecular weight excluding hydrogens is 324 g/mol. The third-order valence-corrected chi connectivity index (χ3v) is 3.99. The minimum atomic E-state index is -1.10. The molecule has 25 heavy (non-hydrogen) atoms. The fourth-order valence-electron chi connectivity index (χ4n) is 2.79. The number of benzene rings is 1. The van der Waals surface area contributed by atoms with Gasteiger partial charge in [-0.15, -0.1) is 0 Å². The Balaban J connectivity index is 1.73. The maximum atomic E-state index is 10.7. The molecule has 9 heteroatoms. The van der Waals surface area contributed by atoms with Crippen LogP contribution >= 0.6 is 0 Å². The molecule has 2 aromatic heterocycles. The van der Waals surface area contributed by atoms with Crippen LogP contribution in [0.3, 0.4) is 0 Å². The zero-order chi connectivity index (χ0) is 17.2. The predicted octanol–water partition coefficient (Wildman–Crippen LogP) is 1.95. The van der Waals surface area contributed by atoms with Crippen LogP contribution in [0.4, 0.5) is 16.3 Å². The molecule has 0 unspecified atom stereocenters. The lowest BCUT2D eigenvalue weighted by Gasteiger charge is -2.28. The minimum absolute atomic E-state index is 0.493. The molecule has 1 aliphatic rings. The lowest BCUT2D eigenvalue weighted by Crippen LogP contribution is -2.37. The van der Waals surface area contributed by atoms with E-state index < -0.39 is 6.09 Å². The summed E-state index contributed by atoms with van der Waals surface area (Å²) in [5.74, 6) is 1.38. The molecule has 128 valence electrons. The first-order valence-electron chi connectivity index (χ1n) is 7.85. The molecule has 0 atom stereocenters. The Kier molecular flexibility index (Phi) is 3.90. The van der Waals surface area contributed by atoms with Crippen molar-refractivity contribution in [2.75, 3.05) is 36.5 Å². The Labute approximate surface area is 142 Å². The topological polar surface area (TPSA) is 116 Å². The number of carboxylic acid groups (broad SMARTS) is 1. The molecule has 4 rings (SSSR count). The first-order chi connectivity index (χ1) is 12.2. The van der Waals surface area contributed by atoms with Crippen LogP contribution in [0.1, 0.15) is 0 Å². The molecule has 9 nitrogen and oxygen atoms in total. The monoisotopic (exact) mass is 340 g/mol. The third-order valence-electron chi connectivity index (χ3n) is 3.99. The highest BCUT2D eigenvalue weighted by Crippen LogP contribution is 2.27. The van der Waals surface area contributed by atoms with Crippen LogP contribution in [0.2, 0.25) is 0 Å². The van der Waals surface area contributed by atoms with Gasteiger partial charge in [0.05, 0.1) is 24.8 Å². The van der Waals surface area contributed by atoms with Crippen molar-refractivity contribution >= 4 is 28.6 Å². The van der Waals surface area contributed by atoms with E-state index in [0.29, 0.717) is 30.4 Å². The predicted molar refractivity (Wildman–Crippen MR) is 91.8 cm³/mol. The van der Waals surface area contributed by atoms with Gasteiger partial charge in [-0.2, -0.15) is 5.10 Å². The fourth-order valence-corrected chi connectivity index (χ4v) is 2.79. The number of amides is 1.